The SMILES string of the molecule is CN(C)CCCNc1ccccc1C(=O)c1ccccc1.O=C(c1ccccc1)c1ccccc1NCCCN1CCCC1. The third-order valence-electron chi connectivity index (χ3n) is 7.68. The van der Waals surface area contributed by atoms with Crippen molar-refractivity contribution in [2.24, 2.45) is 0 Å². The maximum Gasteiger partial charge on any atom is 0.195 e. The second-order valence-corrected chi connectivity index (χ2v) is 11.4. The molecule has 4 aromatic rings. The van der Waals surface area contributed by atoms with Gasteiger partial charge in [0.1, 0.15) is 0 Å². The third kappa shape index (κ3) is 10.2. The van der Waals surface area contributed by atoms with Gasteiger partial charge in [0, 0.05) is 46.7 Å². The predicted molar refractivity (Wildman–Crippen MR) is 183 cm³/mol. The van der Waals surface area contributed by atoms with Crippen molar-refractivity contribution in [3.05, 3.63) is 131 Å². The van der Waals surface area contributed by atoms with Crippen LogP contribution in [0.4, 0.5) is 11.4 Å². The van der Waals surface area contributed by atoms with Crippen LogP contribution in [0.2, 0.25) is 0 Å². The molecule has 1 heterocycles. The largest absolute Gasteiger partial charge is 0.384 e. The first-order valence-corrected chi connectivity index (χ1v) is 15.8. The molecule has 6 nitrogen and oxygen atoms in total. The van der Waals surface area contributed by atoms with Gasteiger partial charge in [-0.25, -0.2) is 0 Å². The maximum atomic E-state index is 12.7. The van der Waals surface area contributed by atoms with Gasteiger partial charge in [-0.05, 0) is 90.2 Å². The van der Waals surface area contributed by atoms with Gasteiger partial charge in [-0.15, -0.1) is 0 Å². The average Bonchev–Trinajstić information content (AvgIpc) is 3.60. The molecule has 0 amide bonds. The van der Waals surface area contributed by atoms with Gasteiger partial charge in [-0.2, -0.15) is 0 Å². The summed E-state index contributed by atoms with van der Waals surface area (Å²) in [5, 5.41) is 6.81. The lowest BCUT2D eigenvalue weighted by Gasteiger charge is -2.15. The van der Waals surface area contributed by atoms with Crippen LogP contribution in [0.25, 0.3) is 0 Å². The molecule has 5 rings (SSSR count). The summed E-state index contributed by atoms with van der Waals surface area (Å²) in [6, 6.07) is 34.4. The van der Waals surface area contributed by atoms with Crippen molar-refractivity contribution in [1.82, 2.24) is 9.80 Å². The number of carbonyl (C=O) groups excluding carboxylic acids is 2. The second kappa shape index (κ2) is 17.8. The zero-order chi connectivity index (χ0) is 31.0. The molecule has 0 saturated carbocycles. The van der Waals surface area contributed by atoms with Gasteiger partial charge in [0.05, 0.1) is 0 Å². The van der Waals surface area contributed by atoms with Crippen molar-refractivity contribution in [1.29, 1.82) is 0 Å². The Hall–Kier alpha value is -4.26. The second-order valence-electron chi connectivity index (χ2n) is 11.4. The van der Waals surface area contributed by atoms with E-state index < -0.39 is 0 Å². The normalized spacial score (nSPS) is 12.8. The van der Waals surface area contributed by atoms with Crippen LogP contribution in [0.5, 0.6) is 0 Å². The van der Waals surface area contributed by atoms with Crippen LogP contribution < -0.4 is 10.6 Å². The Bertz CT molecular complexity index is 1430. The van der Waals surface area contributed by atoms with Gasteiger partial charge >= 0.3 is 0 Å². The highest BCUT2D eigenvalue weighted by molar-refractivity contribution is 6.13. The number of hydrogen-bond donors (Lipinski definition) is 2. The number of nitrogens with one attached hydrogen (secondary N) is 2. The van der Waals surface area contributed by atoms with Gasteiger partial charge in [0.2, 0.25) is 0 Å². The molecule has 4 aromatic carbocycles. The number of hydrogen-bond acceptors (Lipinski definition) is 6. The molecule has 0 radical (unpaired) electrons. The van der Waals surface area contributed by atoms with E-state index in [9.17, 15) is 9.59 Å². The summed E-state index contributed by atoms with van der Waals surface area (Å²) in [5.41, 5.74) is 4.78. The van der Waals surface area contributed by atoms with Gasteiger partial charge in [-0.3, -0.25) is 9.59 Å². The van der Waals surface area contributed by atoms with Crippen molar-refractivity contribution in [3.63, 3.8) is 0 Å². The third-order valence-corrected chi connectivity index (χ3v) is 7.68. The number of nitrogens with zero attached hydrogens (tertiary/aromatic N) is 2. The van der Waals surface area contributed by atoms with Crippen LogP contribution in [-0.2, 0) is 0 Å². The molecule has 230 valence electrons. The molecule has 0 spiro atoms. The lowest BCUT2D eigenvalue weighted by molar-refractivity contribution is 0.103. The Labute approximate surface area is 263 Å². The Morgan fingerprint density at radius 3 is 1.52 bits per heavy atom. The molecular weight excluding hydrogens is 544 g/mol. The Morgan fingerprint density at radius 2 is 1.05 bits per heavy atom. The van der Waals surface area contributed by atoms with E-state index in [0.717, 1.165) is 72.6 Å². The number of carbonyl (C=O) groups is 2. The molecule has 6 heteroatoms. The fourth-order valence-corrected chi connectivity index (χ4v) is 5.31. The monoisotopic (exact) mass is 590 g/mol. The highest BCUT2D eigenvalue weighted by atomic mass is 16.1. The van der Waals surface area contributed by atoms with Crippen LogP contribution in [0.15, 0.2) is 109 Å². The standard InChI is InChI=1S/C20H24N2O.C18H22N2O/c23-20(17-9-2-1-3-10-17)18-11-4-5-12-19(18)21-13-8-16-22-14-6-7-15-22;1-20(2)14-8-13-19-17-12-7-6-11-16(17)18(21)15-9-4-3-5-10-15/h1-5,9-12,21H,6-8,13-16H2;3-7,9-12,19H,8,13-14H2,1-2H3. The summed E-state index contributed by atoms with van der Waals surface area (Å²) in [7, 11) is 4.12. The lowest BCUT2D eigenvalue weighted by atomic mass is 10.0. The Kier molecular flexibility index (Phi) is 13.2. The Morgan fingerprint density at radius 1 is 0.614 bits per heavy atom. The molecular formula is C38H46N4O2. The van der Waals surface area contributed by atoms with E-state index in [0.29, 0.717) is 0 Å². The first kappa shape index (κ1) is 32.6. The quantitative estimate of drug-likeness (QED) is 0.121. The van der Waals surface area contributed by atoms with Gasteiger partial charge in [0.25, 0.3) is 0 Å². The first-order chi connectivity index (χ1) is 21.5. The fraction of sp³-hybridized carbons (Fsp3) is 0.316. The molecule has 44 heavy (non-hydrogen) atoms. The smallest absolute Gasteiger partial charge is 0.195 e. The zero-order valence-corrected chi connectivity index (χ0v) is 26.2. The molecule has 1 saturated heterocycles. The molecule has 0 aliphatic carbocycles. The maximum absolute atomic E-state index is 12.7. The number of likely N-dealkylation sites (tertiary alicyclic amines) is 1. The van der Waals surface area contributed by atoms with E-state index in [1.165, 1.54) is 25.9 Å². The van der Waals surface area contributed by atoms with E-state index in [1.54, 1.807) is 0 Å². The Balaban J connectivity index is 0.000000202. The minimum atomic E-state index is 0.0614. The van der Waals surface area contributed by atoms with Crippen molar-refractivity contribution in [3.8, 4) is 0 Å². The molecule has 1 aliphatic heterocycles. The zero-order valence-electron chi connectivity index (χ0n) is 26.2. The summed E-state index contributed by atoms with van der Waals surface area (Å²) >= 11 is 0. The molecule has 1 aliphatic rings. The predicted octanol–water partition coefficient (Wildman–Crippen LogP) is 7.10. The number of ketones is 2. The van der Waals surface area contributed by atoms with Crippen LogP contribution in [0, 0.1) is 0 Å². The summed E-state index contributed by atoms with van der Waals surface area (Å²) in [6.45, 7) is 6.41. The number of benzene rings is 4. The minimum absolute atomic E-state index is 0.0614. The molecule has 1 fully saturated rings. The van der Waals surface area contributed by atoms with Crippen LogP contribution in [-0.4, -0.2) is 74.7 Å². The highest BCUT2D eigenvalue weighted by Crippen LogP contribution is 2.20. The van der Waals surface area contributed by atoms with Crippen molar-refractivity contribution in [2.45, 2.75) is 25.7 Å². The molecule has 0 atom stereocenters. The average molecular weight is 591 g/mol. The van der Waals surface area contributed by atoms with Crippen LogP contribution in [0.1, 0.15) is 57.5 Å². The number of para-hydroxylation sites is 2. The molecule has 0 aromatic heterocycles. The fourth-order valence-electron chi connectivity index (χ4n) is 5.31. The minimum Gasteiger partial charge on any atom is -0.384 e. The molecule has 0 bridgehead atoms. The molecule has 2 N–H and O–H groups in total. The van der Waals surface area contributed by atoms with Crippen LogP contribution >= 0.6 is 0 Å². The number of anilines is 2. The summed E-state index contributed by atoms with van der Waals surface area (Å²) in [5.74, 6) is 0.138. The summed E-state index contributed by atoms with van der Waals surface area (Å²) < 4.78 is 0. The van der Waals surface area contributed by atoms with Gasteiger partial charge in [-0.1, -0.05) is 84.9 Å². The lowest BCUT2D eigenvalue weighted by Crippen LogP contribution is -2.22. The van der Waals surface area contributed by atoms with Crippen molar-refractivity contribution in [2.75, 3.05) is 64.0 Å². The van der Waals surface area contributed by atoms with E-state index in [2.05, 4.69) is 34.5 Å². The first-order valence-electron chi connectivity index (χ1n) is 15.8. The summed E-state index contributed by atoms with van der Waals surface area (Å²) in [6.07, 6.45) is 4.82. The summed E-state index contributed by atoms with van der Waals surface area (Å²) in [4.78, 5) is 29.9. The van der Waals surface area contributed by atoms with Gasteiger partial charge in [0.15, 0.2) is 11.6 Å². The van der Waals surface area contributed by atoms with Gasteiger partial charge < -0.3 is 20.4 Å². The van der Waals surface area contributed by atoms with E-state index in [1.807, 2.05) is 109 Å². The van der Waals surface area contributed by atoms with Crippen molar-refractivity contribution < 1.29 is 9.59 Å². The van der Waals surface area contributed by atoms with E-state index >= 15 is 0 Å². The topological polar surface area (TPSA) is 64.7 Å². The van der Waals surface area contributed by atoms with E-state index in [4.69, 9.17) is 0 Å². The van der Waals surface area contributed by atoms with E-state index in [-0.39, 0.29) is 11.6 Å². The van der Waals surface area contributed by atoms with Crippen molar-refractivity contribution >= 4 is 22.9 Å². The van der Waals surface area contributed by atoms with Crippen LogP contribution in [0.3, 0.4) is 0 Å². The highest BCUT2D eigenvalue weighted by Gasteiger charge is 2.14. The number of rotatable bonds is 14. The molecule has 0 unspecified atom stereocenters.